The number of terminal acetylenes is 1. The summed E-state index contributed by atoms with van der Waals surface area (Å²) in [5.74, 6) is 2.40. The summed E-state index contributed by atoms with van der Waals surface area (Å²) in [5, 5.41) is 2.68. The molecule has 5 heteroatoms. The van der Waals surface area contributed by atoms with E-state index in [1.807, 2.05) is 20.8 Å². The van der Waals surface area contributed by atoms with Crippen LogP contribution in [0.4, 0.5) is 0 Å². The van der Waals surface area contributed by atoms with Gasteiger partial charge in [-0.05, 0) is 13.3 Å². The molecule has 1 unspecified atom stereocenters. The maximum Gasteiger partial charge on any atom is 0.218 e. The summed E-state index contributed by atoms with van der Waals surface area (Å²) >= 11 is 0. The second-order valence-electron chi connectivity index (χ2n) is 4.46. The largest absolute Gasteiger partial charge is 0.313 e. The van der Waals surface area contributed by atoms with Gasteiger partial charge in [-0.2, -0.15) is 4.31 Å². The van der Waals surface area contributed by atoms with Crippen LogP contribution in [-0.2, 0) is 10.0 Å². The van der Waals surface area contributed by atoms with Crippen molar-refractivity contribution >= 4 is 10.0 Å². The Morgan fingerprint density at radius 2 is 1.94 bits per heavy atom. The van der Waals surface area contributed by atoms with Gasteiger partial charge in [0.25, 0.3) is 0 Å². The Bertz CT molecular complexity index is 344. The maximum atomic E-state index is 12.2. The Kier molecular flexibility index (Phi) is 7.44. The van der Waals surface area contributed by atoms with E-state index >= 15 is 0 Å². The van der Waals surface area contributed by atoms with Gasteiger partial charge in [-0.1, -0.05) is 26.7 Å². The molecule has 0 heterocycles. The first-order chi connectivity index (χ1) is 7.86. The van der Waals surface area contributed by atoms with Crippen molar-refractivity contribution < 1.29 is 8.42 Å². The lowest BCUT2D eigenvalue weighted by atomic mass is 10.3. The molecule has 0 bridgehead atoms. The molecule has 0 aromatic heterocycles. The lowest BCUT2D eigenvalue weighted by molar-refractivity contribution is 0.433. The number of hydrogen-bond acceptors (Lipinski definition) is 3. The van der Waals surface area contributed by atoms with Crippen LogP contribution in [0.15, 0.2) is 0 Å². The Labute approximate surface area is 106 Å². The van der Waals surface area contributed by atoms with E-state index in [1.165, 1.54) is 4.31 Å². The van der Waals surface area contributed by atoms with Crippen LogP contribution in [0.1, 0.15) is 34.1 Å². The monoisotopic (exact) mass is 260 g/mol. The lowest BCUT2D eigenvalue weighted by Crippen LogP contribution is -2.43. The zero-order valence-corrected chi connectivity index (χ0v) is 12.0. The van der Waals surface area contributed by atoms with E-state index < -0.39 is 15.3 Å². The summed E-state index contributed by atoms with van der Waals surface area (Å²) in [7, 11) is -3.29. The second-order valence-corrected chi connectivity index (χ2v) is 6.81. The fraction of sp³-hybridized carbons (Fsp3) is 0.833. The number of sulfonamides is 1. The fourth-order valence-corrected chi connectivity index (χ4v) is 2.92. The van der Waals surface area contributed by atoms with Gasteiger partial charge in [0.15, 0.2) is 0 Å². The normalized spacial score (nSPS) is 13.9. The van der Waals surface area contributed by atoms with Gasteiger partial charge in [0.2, 0.25) is 10.0 Å². The van der Waals surface area contributed by atoms with Crippen molar-refractivity contribution in [1.82, 2.24) is 9.62 Å². The molecule has 0 aromatic rings. The zero-order chi connectivity index (χ0) is 13.5. The van der Waals surface area contributed by atoms with Gasteiger partial charge < -0.3 is 5.32 Å². The second kappa shape index (κ2) is 7.70. The van der Waals surface area contributed by atoms with E-state index in [-0.39, 0.29) is 12.6 Å². The molecule has 0 aromatic carbocycles. The van der Waals surface area contributed by atoms with E-state index in [1.54, 1.807) is 6.92 Å². The highest BCUT2D eigenvalue weighted by atomic mass is 32.2. The van der Waals surface area contributed by atoms with Crippen molar-refractivity contribution in [3.8, 4) is 12.3 Å². The highest BCUT2D eigenvalue weighted by Crippen LogP contribution is 2.09. The predicted molar refractivity (Wildman–Crippen MR) is 72.2 cm³/mol. The van der Waals surface area contributed by atoms with Crippen LogP contribution < -0.4 is 5.32 Å². The molecule has 0 rings (SSSR count). The molecule has 0 aliphatic heterocycles. The topological polar surface area (TPSA) is 49.4 Å². The summed E-state index contributed by atoms with van der Waals surface area (Å²) in [5.41, 5.74) is 0. The molecule has 4 nitrogen and oxygen atoms in total. The Morgan fingerprint density at radius 1 is 1.35 bits per heavy atom. The minimum atomic E-state index is -3.29. The Balaban J connectivity index is 4.65. The number of hydrogen-bond donors (Lipinski definition) is 1. The van der Waals surface area contributed by atoms with Gasteiger partial charge in [-0.15, -0.1) is 6.42 Å². The summed E-state index contributed by atoms with van der Waals surface area (Å²) in [6.07, 6.45) is 5.98. The van der Waals surface area contributed by atoms with Crippen LogP contribution >= 0.6 is 0 Å². The predicted octanol–water partition coefficient (Wildman–Crippen LogP) is 1.05. The van der Waals surface area contributed by atoms with Crippen LogP contribution in [-0.4, -0.2) is 43.6 Å². The van der Waals surface area contributed by atoms with Crippen molar-refractivity contribution in [2.24, 2.45) is 0 Å². The first-order valence-electron chi connectivity index (χ1n) is 6.02. The molecule has 17 heavy (non-hydrogen) atoms. The van der Waals surface area contributed by atoms with Crippen LogP contribution in [0.2, 0.25) is 0 Å². The molecule has 0 amide bonds. The molecule has 0 aliphatic carbocycles. The van der Waals surface area contributed by atoms with E-state index in [4.69, 9.17) is 6.42 Å². The molecule has 0 radical (unpaired) electrons. The smallest absolute Gasteiger partial charge is 0.218 e. The minimum absolute atomic E-state index is 0.155. The Morgan fingerprint density at radius 3 is 2.35 bits per heavy atom. The summed E-state index contributed by atoms with van der Waals surface area (Å²) in [4.78, 5) is 0. The standard InChI is InChI=1S/C12H24N2O2S/c1-6-8-14(9-7-2)17(15,16)12(5)10-13-11(3)4/h1,11-13H,7-10H2,2-5H3. The van der Waals surface area contributed by atoms with Crippen LogP contribution in [0.5, 0.6) is 0 Å². The first-order valence-corrected chi connectivity index (χ1v) is 7.52. The lowest BCUT2D eigenvalue weighted by Gasteiger charge is -2.24. The molecular weight excluding hydrogens is 236 g/mol. The third-order valence-corrected chi connectivity index (χ3v) is 4.64. The molecule has 0 saturated heterocycles. The summed E-state index contributed by atoms with van der Waals surface area (Å²) in [6, 6.07) is 0.278. The van der Waals surface area contributed by atoms with Crippen molar-refractivity contribution in [3.63, 3.8) is 0 Å². The van der Waals surface area contributed by atoms with Gasteiger partial charge in [-0.3, -0.25) is 0 Å². The van der Waals surface area contributed by atoms with Crippen molar-refractivity contribution in [2.45, 2.75) is 45.4 Å². The maximum absolute atomic E-state index is 12.2. The van der Waals surface area contributed by atoms with Gasteiger partial charge >= 0.3 is 0 Å². The van der Waals surface area contributed by atoms with E-state index in [0.29, 0.717) is 13.1 Å². The van der Waals surface area contributed by atoms with Gasteiger partial charge in [0.05, 0.1) is 11.8 Å². The first kappa shape index (κ1) is 16.4. The van der Waals surface area contributed by atoms with Gasteiger partial charge in [0.1, 0.15) is 0 Å². The highest BCUT2D eigenvalue weighted by Gasteiger charge is 2.27. The molecule has 1 atom stereocenters. The summed E-state index contributed by atoms with van der Waals surface area (Å²) < 4.78 is 25.8. The quantitative estimate of drug-likeness (QED) is 0.664. The summed E-state index contributed by atoms with van der Waals surface area (Å²) in [6.45, 7) is 8.72. The third-order valence-electron chi connectivity index (χ3n) is 2.42. The fourth-order valence-electron chi connectivity index (χ4n) is 1.41. The third kappa shape index (κ3) is 5.53. The van der Waals surface area contributed by atoms with Crippen molar-refractivity contribution in [1.29, 1.82) is 0 Å². The van der Waals surface area contributed by atoms with Gasteiger partial charge in [0, 0.05) is 19.1 Å². The average molecular weight is 260 g/mol. The molecule has 0 aliphatic rings. The van der Waals surface area contributed by atoms with E-state index in [0.717, 1.165) is 6.42 Å². The molecule has 100 valence electrons. The molecule has 0 spiro atoms. The zero-order valence-electron chi connectivity index (χ0n) is 11.2. The SMILES string of the molecule is C#CCN(CCC)S(=O)(=O)C(C)CNC(C)C. The highest BCUT2D eigenvalue weighted by molar-refractivity contribution is 7.89. The van der Waals surface area contributed by atoms with Crippen LogP contribution in [0, 0.1) is 12.3 Å². The van der Waals surface area contributed by atoms with Gasteiger partial charge in [-0.25, -0.2) is 8.42 Å². The average Bonchev–Trinajstić information content (AvgIpc) is 2.25. The molecular formula is C12H24N2O2S. The van der Waals surface area contributed by atoms with E-state index in [2.05, 4.69) is 11.2 Å². The van der Waals surface area contributed by atoms with Crippen molar-refractivity contribution in [2.75, 3.05) is 19.6 Å². The van der Waals surface area contributed by atoms with E-state index in [9.17, 15) is 8.42 Å². The number of nitrogens with one attached hydrogen (secondary N) is 1. The van der Waals surface area contributed by atoms with Crippen molar-refractivity contribution in [3.05, 3.63) is 0 Å². The molecule has 0 fully saturated rings. The molecule has 0 saturated carbocycles. The number of nitrogens with zero attached hydrogens (tertiary/aromatic N) is 1. The number of rotatable bonds is 8. The van der Waals surface area contributed by atoms with Crippen LogP contribution in [0.25, 0.3) is 0 Å². The molecule has 1 N–H and O–H groups in total. The van der Waals surface area contributed by atoms with Crippen LogP contribution in [0.3, 0.4) is 0 Å². The Hall–Kier alpha value is -0.570. The minimum Gasteiger partial charge on any atom is -0.313 e.